The Balaban J connectivity index is 1.53. The van der Waals surface area contributed by atoms with Crippen LogP contribution in [0, 0.1) is 17.6 Å². The van der Waals surface area contributed by atoms with Gasteiger partial charge in [0.2, 0.25) is 21.1 Å². The third-order valence-electron chi connectivity index (χ3n) is 7.43. The van der Waals surface area contributed by atoms with Crippen LogP contribution in [-0.2, 0) is 27.7 Å². The first-order valence-electron chi connectivity index (χ1n) is 13.2. The number of thiazole rings is 1. The molecule has 0 spiro atoms. The second-order valence-corrected chi connectivity index (χ2v) is 12.8. The summed E-state index contributed by atoms with van der Waals surface area (Å²) in [5.41, 5.74) is 2.78. The zero-order valence-electron chi connectivity index (χ0n) is 22.1. The van der Waals surface area contributed by atoms with Crippen molar-refractivity contribution in [2.75, 3.05) is 11.4 Å². The van der Waals surface area contributed by atoms with Crippen LogP contribution in [0.5, 0.6) is 0 Å². The minimum atomic E-state index is -4.26. The quantitative estimate of drug-likeness (QED) is 0.286. The standard InChI is InChI=1S/C28H25F2N5O5S2/c29-19-7-6-17(13-23(19)34-9-1-2-25(34)36)26-18(10-16-5-8-24(20(30)11-16)42(31,39)40)22(12-15-3-4-15)35(33-26)28-32-21(14-41-28)27(37)38/h5-8,11,13-15H,1-4,9-10,12H2,(H,37,38)(H2,31,39,40). The lowest BCUT2D eigenvalue weighted by Crippen LogP contribution is -2.24. The van der Waals surface area contributed by atoms with Gasteiger partial charge in [0.05, 0.1) is 17.1 Å². The second-order valence-electron chi connectivity index (χ2n) is 10.5. The molecule has 3 N–H and O–H groups in total. The molecule has 10 nitrogen and oxygen atoms in total. The third-order valence-corrected chi connectivity index (χ3v) is 9.19. The topological polar surface area (TPSA) is 148 Å². The number of carbonyl (C=O) groups excluding carboxylic acids is 1. The number of rotatable bonds is 9. The van der Waals surface area contributed by atoms with Crippen LogP contribution in [0.1, 0.15) is 53.0 Å². The number of anilines is 1. The Hall–Kier alpha value is -4.01. The van der Waals surface area contributed by atoms with Gasteiger partial charge in [-0.2, -0.15) is 5.10 Å². The van der Waals surface area contributed by atoms with Gasteiger partial charge in [-0.3, -0.25) is 4.79 Å². The molecule has 3 heterocycles. The fourth-order valence-corrected chi connectivity index (χ4v) is 6.55. The van der Waals surface area contributed by atoms with E-state index in [9.17, 15) is 31.9 Å². The molecule has 0 atom stereocenters. The molecule has 4 aromatic rings. The molecule has 0 bridgehead atoms. The Bertz CT molecular complexity index is 1850. The van der Waals surface area contributed by atoms with Gasteiger partial charge in [-0.15, -0.1) is 11.3 Å². The Labute approximate surface area is 243 Å². The van der Waals surface area contributed by atoms with E-state index in [1.807, 2.05) is 0 Å². The number of nitrogens with zero attached hydrogens (tertiary/aromatic N) is 4. The Kier molecular flexibility index (Phi) is 7.15. The van der Waals surface area contributed by atoms with Crippen molar-refractivity contribution in [2.45, 2.75) is 43.4 Å². The van der Waals surface area contributed by atoms with Crippen LogP contribution in [0.25, 0.3) is 16.4 Å². The van der Waals surface area contributed by atoms with Crippen molar-refractivity contribution in [2.24, 2.45) is 11.1 Å². The molecule has 0 unspecified atom stereocenters. The van der Waals surface area contributed by atoms with Crippen LogP contribution in [0.3, 0.4) is 0 Å². The molecule has 2 fully saturated rings. The summed E-state index contributed by atoms with van der Waals surface area (Å²) in [7, 11) is -4.26. The monoisotopic (exact) mass is 613 g/mol. The van der Waals surface area contributed by atoms with E-state index in [4.69, 9.17) is 10.2 Å². The number of halogens is 2. The van der Waals surface area contributed by atoms with Gasteiger partial charge >= 0.3 is 5.97 Å². The normalized spacial score (nSPS) is 15.5. The van der Waals surface area contributed by atoms with Gasteiger partial charge in [0, 0.05) is 35.9 Å². The highest BCUT2D eigenvalue weighted by atomic mass is 32.2. The number of primary sulfonamides is 1. The van der Waals surface area contributed by atoms with Crippen molar-refractivity contribution in [3.05, 3.63) is 75.9 Å². The van der Waals surface area contributed by atoms with Crippen molar-refractivity contribution in [3.8, 4) is 16.4 Å². The van der Waals surface area contributed by atoms with Crippen molar-refractivity contribution >= 4 is 38.9 Å². The van der Waals surface area contributed by atoms with Gasteiger partial charge in [-0.1, -0.05) is 6.07 Å². The van der Waals surface area contributed by atoms with Crippen molar-refractivity contribution in [3.63, 3.8) is 0 Å². The smallest absolute Gasteiger partial charge is 0.355 e. The van der Waals surface area contributed by atoms with Crippen LogP contribution >= 0.6 is 11.3 Å². The summed E-state index contributed by atoms with van der Waals surface area (Å²) < 4.78 is 54.9. The van der Waals surface area contributed by atoms with Gasteiger partial charge in [-0.25, -0.2) is 36.8 Å². The van der Waals surface area contributed by atoms with Gasteiger partial charge in [0.15, 0.2) is 5.69 Å². The molecule has 1 amide bonds. The second kappa shape index (κ2) is 10.7. The van der Waals surface area contributed by atoms with Crippen molar-refractivity contribution in [1.29, 1.82) is 0 Å². The molecular formula is C28H25F2N5O5S2. The number of benzene rings is 2. The van der Waals surface area contributed by atoms with E-state index in [-0.39, 0.29) is 23.7 Å². The molecule has 42 heavy (non-hydrogen) atoms. The number of hydrogen-bond acceptors (Lipinski definition) is 7. The molecule has 0 radical (unpaired) electrons. The van der Waals surface area contributed by atoms with Crippen molar-refractivity contribution in [1.82, 2.24) is 14.8 Å². The van der Waals surface area contributed by atoms with Crippen molar-refractivity contribution < 1.29 is 31.9 Å². The maximum Gasteiger partial charge on any atom is 0.355 e. The van der Waals surface area contributed by atoms with Crippen LogP contribution < -0.4 is 10.0 Å². The number of carbonyl (C=O) groups is 2. The largest absolute Gasteiger partial charge is 0.476 e. The predicted octanol–water partition coefficient (Wildman–Crippen LogP) is 4.29. The summed E-state index contributed by atoms with van der Waals surface area (Å²) in [5, 5.41) is 21.2. The number of aromatic carboxylic acids is 1. The fraction of sp³-hybridized carbons (Fsp3) is 0.286. The van der Waals surface area contributed by atoms with E-state index in [1.165, 1.54) is 22.4 Å². The van der Waals surface area contributed by atoms with Crippen LogP contribution in [0.2, 0.25) is 0 Å². The number of hydrogen-bond donors (Lipinski definition) is 2. The molecule has 1 aliphatic heterocycles. The average Bonchev–Trinajstić information content (AvgIpc) is 3.27. The SMILES string of the molecule is NS(=O)(=O)c1ccc(Cc2c(-c3ccc(F)c(N4CCCC4=O)c3)nn(-c3nc(C(=O)O)cs3)c2CC2CC2)cc1F. The first-order chi connectivity index (χ1) is 20.0. The molecule has 1 saturated heterocycles. The number of nitrogens with two attached hydrogens (primary N) is 1. The van der Waals surface area contributed by atoms with Crippen LogP contribution in [0.15, 0.2) is 46.7 Å². The van der Waals surface area contributed by atoms with E-state index in [1.54, 1.807) is 16.8 Å². The summed E-state index contributed by atoms with van der Waals surface area (Å²) in [6.07, 6.45) is 3.64. The van der Waals surface area contributed by atoms with E-state index < -0.39 is 32.5 Å². The minimum absolute atomic E-state index is 0.130. The lowest BCUT2D eigenvalue weighted by Gasteiger charge is -2.17. The van der Waals surface area contributed by atoms with E-state index in [0.29, 0.717) is 59.2 Å². The highest BCUT2D eigenvalue weighted by molar-refractivity contribution is 7.89. The molecule has 2 aliphatic rings. The Morgan fingerprint density at radius 2 is 1.93 bits per heavy atom. The van der Waals surface area contributed by atoms with E-state index >= 15 is 0 Å². The molecular weight excluding hydrogens is 588 g/mol. The molecule has 1 aliphatic carbocycles. The summed E-state index contributed by atoms with van der Waals surface area (Å²) >= 11 is 1.10. The minimum Gasteiger partial charge on any atom is -0.476 e. The molecule has 6 rings (SSSR count). The summed E-state index contributed by atoms with van der Waals surface area (Å²) in [5.74, 6) is -2.55. The third kappa shape index (κ3) is 5.44. The molecule has 1 saturated carbocycles. The van der Waals surface area contributed by atoms with Gasteiger partial charge in [0.25, 0.3) is 0 Å². The number of aromatic nitrogens is 3. The van der Waals surface area contributed by atoms with Crippen LogP contribution in [-0.4, -0.2) is 46.7 Å². The molecule has 2 aromatic heterocycles. The highest BCUT2D eigenvalue weighted by Gasteiger charge is 2.31. The number of carboxylic acid groups (broad SMARTS) is 1. The molecule has 2 aromatic carbocycles. The summed E-state index contributed by atoms with van der Waals surface area (Å²) in [4.78, 5) is 29.0. The predicted molar refractivity (Wildman–Crippen MR) is 150 cm³/mol. The molecule has 14 heteroatoms. The number of carboxylic acids is 1. The molecule has 218 valence electrons. The maximum absolute atomic E-state index is 15.0. The Morgan fingerprint density at radius 1 is 1.14 bits per heavy atom. The van der Waals surface area contributed by atoms with Gasteiger partial charge in [0.1, 0.15) is 16.5 Å². The first-order valence-corrected chi connectivity index (χ1v) is 15.6. The average molecular weight is 614 g/mol. The number of amides is 1. The zero-order chi connectivity index (χ0) is 29.8. The van der Waals surface area contributed by atoms with E-state index in [0.717, 1.165) is 42.0 Å². The number of sulfonamides is 1. The van der Waals surface area contributed by atoms with Gasteiger partial charge < -0.3 is 10.0 Å². The summed E-state index contributed by atoms with van der Waals surface area (Å²) in [6.45, 7) is 0.389. The first kappa shape index (κ1) is 28.1. The lowest BCUT2D eigenvalue weighted by molar-refractivity contribution is -0.117. The van der Waals surface area contributed by atoms with Crippen LogP contribution in [0.4, 0.5) is 14.5 Å². The highest BCUT2D eigenvalue weighted by Crippen LogP contribution is 2.39. The fourth-order valence-electron chi connectivity index (χ4n) is 5.18. The van der Waals surface area contributed by atoms with E-state index in [2.05, 4.69) is 4.98 Å². The van der Waals surface area contributed by atoms with Gasteiger partial charge in [-0.05, 0) is 67.5 Å². The summed E-state index contributed by atoms with van der Waals surface area (Å²) in [6, 6.07) is 8.06. The Morgan fingerprint density at radius 3 is 2.55 bits per heavy atom. The lowest BCUT2D eigenvalue weighted by atomic mass is 9.96. The zero-order valence-corrected chi connectivity index (χ0v) is 23.7. The maximum atomic E-state index is 15.0.